The van der Waals surface area contributed by atoms with Gasteiger partial charge < -0.3 is 19.7 Å². The van der Waals surface area contributed by atoms with E-state index in [9.17, 15) is 4.79 Å². The third kappa shape index (κ3) is 3.57. The molecule has 0 spiro atoms. The molecule has 0 amide bonds. The maximum atomic E-state index is 13.4. The maximum absolute atomic E-state index is 13.4. The number of nitrogens with one attached hydrogen (secondary N) is 2. The predicted octanol–water partition coefficient (Wildman–Crippen LogP) is 2.37. The number of likely N-dealkylation sites (N-methyl/N-ethyl adjacent to an activating group) is 1. The molecular formula is C24H22N8O3. The highest BCUT2D eigenvalue weighted by Crippen LogP contribution is 2.32. The zero-order valence-corrected chi connectivity index (χ0v) is 19.1. The minimum Gasteiger partial charge on any atom is -0.485 e. The van der Waals surface area contributed by atoms with Crippen LogP contribution < -0.4 is 25.2 Å². The summed E-state index contributed by atoms with van der Waals surface area (Å²) in [5.74, 6) is 1.62. The Morgan fingerprint density at radius 3 is 2.97 bits per heavy atom. The zero-order valence-electron chi connectivity index (χ0n) is 19.1. The molecule has 176 valence electrons. The zero-order chi connectivity index (χ0) is 23.9. The number of anilines is 2. The first-order chi connectivity index (χ1) is 17.1. The molecule has 35 heavy (non-hydrogen) atoms. The molecule has 1 unspecified atom stereocenters. The van der Waals surface area contributed by atoms with Gasteiger partial charge in [0.15, 0.2) is 5.65 Å². The molecule has 0 saturated carbocycles. The van der Waals surface area contributed by atoms with Crippen molar-refractivity contribution in [2.24, 2.45) is 0 Å². The van der Waals surface area contributed by atoms with E-state index in [-0.39, 0.29) is 11.7 Å². The smallest absolute Gasteiger partial charge is 0.267 e. The van der Waals surface area contributed by atoms with Crippen molar-refractivity contribution < 1.29 is 9.47 Å². The van der Waals surface area contributed by atoms with E-state index < -0.39 is 0 Å². The van der Waals surface area contributed by atoms with Gasteiger partial charge in [-0.2, -0.15) is 10.1 Å². The fourth-order valence-electron chi connectivity index (χ4n) is 4.37. The molecule has 1 aromatic carbocycles. The van der Waals surface area contributed by atoms with E-state index in [1.54, 1.807) is 24.5 Å². The Balaban J connectivity index is 1.38. The summed E-state index contributed by atoms with van der Waals surface area (Å²) in [5.41, 5.74) is 2.40. The first-order valence-corrected chi connectivity index (χ1v) is 11.1. The van der Waals surface area contributed by atoms with Gasteiger partial charge in [-0.3, -0.25) is 14.5 Å². The quantitative estimate of drug-likeness (QED) is 0.398. The molecule has 5 heterocycles. The summed E-state index contributed by atoms with van der Waals surface area (Å²) in [5, 5.41) is 11.3. The van der Waals surface area contributed by atoms with Crippen molar-refractivity contribution in [1.29, 1.82) is 0 Å². The number of fused-ring (bicyclic) bond motifs is 4. The minimum atomic E-state index is -0.256. The normalized spacial score (nSPS) is 15.1. The standard InChI is InChI=1S/C24H22N8O3/c1-31-13-15(35-19-6-4-3-5-18(19)31)10-26-24-27-11-16-21-17(12-28-30-21)23(33)32(22(16)29-24)14-7-8-25-20(9-14)34-2/h3-9,11-12,15H,10,13H2,1-2H3,(H,28,30)(H,26,27,29). The van der Waals surface area contributed by atoms with Gasteiger partial charge in [-0.1, -0.05) is 12.1 Å². The highest BCUT2D eigenvalue weighted by molar-refractivity contribution is 6.02. The Morgan fingerprint density at radius 2 is 2.09 bits per heavy atom. The monoisotopic (exact) mass is 470 g/mol. The van der Waals surface area contributed by atoms with E-state index in [1.165, 1.54) is 17.9 Å². The molecule has 0 bridgehead atoms. The Kier molecular flexibility index (Phi) is 4.94. The lowest BCUT2D eigenvalue weighted by molar-refractivity contribution is 0.208. The Labute approximate surface area is 199 Å². The van der Waals surface area contributed by atoms with E-state index >= 15 is 0 Å². The fourth-order valence-corrected chi connectivity index (χ4v) is 4.37. The van der Waals surface area contributed by atoms with Crippen LogP contribution in [0.3, 0.4) is 0 Å². The van der Waals surface area contributed by atoms with Gasteiger partial charge in [-0.05, 0) is 18.2 Å². The van der Waals surface area contributed by atoms with E-state index in [0.29, 0.717) is 52.5 Å². The van der Waals surface area contributed by atoms with Gasteiger partial charge in [-0.25, -0.2) is 9.97 Å². The van der Waals surface area contributed by atoms with E-state index in [2.05, 4.69) is 30.4 Å². The summed E-state index contributed by atoms with van der Waals surface area (Å²) in [6.07, 6.45) is 4.67. The highest BCUT2D eigenvalue weighted by atomic mass is 16.5. The lowest BCUT2D eigenvalue weighted by Crippen LogP contribution is -2.41. The number of benzene rings is 1. The molecule has 2 N–H and O–H groups in total. The van der Waals surface area contributed by atoms with Gasteiger partial charge in [0, 0.05) is 25.5 Å². The Hall–Kier alpha value is -4.67. The number of aromatic nitrogens is 6. The molecule has 0 saturated heterocycles. The van der Waals surface area contributed by atoms with Crippen molar-refractivity contribution in [3.05, 3.63) is 65.3 Å². The molecule has 11 heteroatoms. The molecule has 1 aliphatic rings. The second-order valence-corrected chi connectivity index (χ2v) is 8.26. The topological polar surface area (TPSA) is 123 Å². The summed E-state index contributed by atoms with van der Waals surface area (Å²) in [4.78, 5) is 28.9. The molecular weight excluding hydrogens is 448 g/mol. The van der Waals surface area contributed by atoms with Crippen LogP contribution in [0.1, 0.15) is 0 Å². The third-order valence-electron chi connectivity index (χ3n) is 6.04. The van der Waals surface area contributed by atoms with E-state index in [4.69, 9.17) is 14.5 Å². The molecule has 0 aliphatic carbocycles. The summed E-state index contributed by atoms with van der Waals surface area (Å²) in [7, 11) is 3.57. The molecule has 4 aromatic heterocycles. The molecule has 1 atom stereocenters. The van der Waals surface area contributed by atoms with Gasteiger partial charge in [-0.15, -0.1) is 0 Å². The second-order valence-electron chi connectivity index (χ2n) is 8.26. The van der Waals surface area contributed by atoms with Crippen molar-refractivity contribution >= 4 is 33.6 Å². The van der Waals surface area contributed by atoms with Crippen LogP contribution in [0.5, 0.6) is 11.6 Å². The van der Waals surface area contributed by atoms with Crippen LogP contribution in [0.25, 0.3) is 27.6 Å². The lowest BCUT2D eigenvalue weighted by Gasteiger charge is -2.33. The number of para-hydroxylation sites is 2. The summed E-state index contributed by atoms with van der Waals surface area (Å²) >= 11 is 0. The fraction of sp³-hybridized carbons (Fsp3) is 0.208. The molecule has 11 nitrogen and oxygen atoms in total. The number of rotatable bonds is 5. The van der Waals surface area contributed by atoms with Crippen molar-refractivity contribution in [2.45, 2.75) is 6.10 Å². The summed E-state index contributed by atoms with van der Waals surface area (Å²) < 4.78 is 12.9. The SMILES string of the molecule is COc1cc(-n2c(=O)c3cn[nH]c3c3cnc(NCC4CN(C)c5ccccc5O4)nc32)ccn1. The van der Waals surface area contributed by atoms with Gasteiger partial charge >= 0.3 is 0 Å². The summed E-state index contributed by atoms with van der Waals surface area (Å²) in [6.45, 7) is 1.21. The number of H-pyrrole nitrogens is 1. The lowest BCUT2D eigenvalue weighted by atomic mass is 10.2. The van der Waals surface area contributed by atoms with E-state index in [0.717, 1.165) is 11.4 Å². The molecule has 5 aromatic rings. The van der Waals surface area contributed by atoms with Crippen molar-refractivity contribution in [3.63, 3.8) is 0 Å². The highest BCUT2D eigenvalue weighted by Gasteiger charge is 2.23. The van der Waals surface area contributed by atoms with Gasteiger partial charge in [0.25, 0.3) is 5.56 Å². The number of methoxy groups -OCH3 is 1. The number of pyridine rings is 2. The summed E-state index contributed by atoms with van der Waals surface area (Å²) in [6, 6.07) is 11.4. The number of nitrogens with zero attached hydrogens (tertiary/aromatic N) is 6. The van der Waals surface area contributed by atoms with Crippen molar-refractivity contribution in [2.75, 3.05) is 37.5 Å². The molecule has 0 radical (unpaired) electrons. The molecule has 1 aliphatic heterocycles. The average Bonchev–Trinajstić information content (AvgIpc) is 3.38. The van der Waals surface area contributed by atoms with Crippen LogP contribution in [0.15, 0.2) is 59.8 Å². The van der Waals surface area contributed by atoms with Crippen LogP contribution in [-0.2, 0) is 0 Å². The first kappa shape index (κ1) is 20.9. The van der Waals surface area contributed by atoms with Gasteiger partial charge in [0.1, 0.15) is 11.9 Å². The molecule has 6 rings (SSSR count). The van der Waals surface area contributed by atoms with Crippen LogP contribution in [-0.4, -0.2) is 63.1 Å². The van der Waals surface area contributed by atoms with Crippen molar-refractivity contribution in [3.8, 4) is 17.3 Å². The van der Waals surface area contributed by atoms with Crippen LogP contribution in [0.2, 0.25) is 0 Å². The van der Waals surface area contributed by atoms with E-state index in [1.807, 2.05) is 31.3 Å². The minimum absolute atomic E-state index is 0.101. The first-order valence-electron chi connectivity index (χ1n) is 11.1. The Morgan fingerprint density at radius 1 is 1.20 bits per heavy atom. The number of ether oxygens (including phenoxy) is 2. The maximum Gasteiger partial charge on any atom is 0.267 e. The van der Waals surface area contributed by atoms with Crippen molar-refractivity contribution in [1.82, 2.24) is 29.7 Å². The molecule has 0 fully saturated rings. The number of aromatic amines is 1. The van der Waals surface area contributed by atoms with Gasteiger partial charge in [0.2, 0.25) is 11.8 Å². The second kappa shape index (κ2) is 8.28. The average molecular weight is 470 g/mol. The largest absolute Gasteiger partial charge is 0.485 e. The third-order valence-corrected chi connectivity index (χ3v) is 6.04. The number of hydrogen-bond acceptors (Lipinski definition) is 9. The van der Waals surface area contributed by atoms with Crippen LogP contribution >= 0.6 is 0 Å². The number of hydrogen-bond donors (Lipinski definition) is 2. The Bertz CT molecular complexity index is 1610. The predicted molar refractivity (Wildman–Crippen MR) is 132 cm³/mol. The van der Waals surface area contributed by atoms with Crippen LogP contribution in [0, 0.1) is 0 Å². The van der Waals surface area contributed by atoms with Gasteiger partial charge in [0.05, 0.1) is 54.1 Å². The van der Waals surface area contributed by atoms with Crippen LogP contribution in [0.4, 0.5) is 11.6 Å².